The number of rotatable bonds is 2. The molecule has 0 bridgehead atoms. The van der Waals surface area contributed by atoms with Crippen LogP contribution >= 0.6 is 0 Å². The molecule has 1 heterocycles. The number of nitrogens with zero attached hydrogens (tertiary/aromatic N) is 1. The summed E-state index contributed by atoms with van der Waals surface area (Å²) in [4.78, 5) is 14.1. The number of amides is 1. The molecule has 102 valence electrons. The van der Waals surface area contributed by atoms with E-state index < -0.39 is 0 Å². The van der Waals surface area contributed by atoms with Gasteiger partial charge in [-0.3, -0.25) is 4.79 Å². The first kappa shape index (κ1) is 12.7. The molecule has 1 saturated heterocycles. The highest BCUT2D eigenvalue weighted by Crippen LogP contribution is 2.32. The van der Waals surface area contributed by atoms with E-state index >= 15 is 0 Å². The number of carbonyl (C=O) groups is 1. The average Bonchev–Trinajstić information content (AvgIpc) is 2.65. The summed E-state index contributed by atoms with van der Waals surface area (Å²) in [7, 11) is 0. The molecule has 1 unspecified atom stereocenters. The van der Waals surface area contributed by atoms with Crippen LogP contribution in [0.2, 0.25) is 0 Å². The summed E-state index contributed by atoms with van der Waals surface area (Å²) in [6.07, 6.45) is 4.73. The van der Waals surface area contributed by atoms with E-state index in [9.17, 15) is 4.79 Å². The Labute approximate surface area is 115 Å². The van der Waals surface area contributed by atoms with Gasteiger partial charge in [0.05, 0.1) is 6.54 Å². The Kier molecular flexibility index (Phi) is 3.83. The molecule has 1 N–H and O–H groups in total. The molecule has 2 aliphatic rings. The molecule has 1 aliphatic carbocycles. The zero-order valence-corrected chi connectivity index (χ0v) is 11.4. The molecule has 1 aliphatic heterocycles. The third-order valence-electron chi connectivity index (χ3n) is 4.34. The lowest BCUT2D eigenvalue weighted by Gasteiger charge is -2.30. The lowest BCUT2D eigenvalue weighted by atomic mass is 9.82. The molecule has 0 spiro atoms. The zero-order chi connectivity index (χ0) is 13.1. The van der Waals surface area contributed by atoms with Gasteiger partial charge in [0, 0.05) is 19.0 Å². The Bertz CT molecular complexity index is 458. The number of hydrogen-bond donors (Lipinski definition) is 1. The van der Waals surface area contributed by atoms with E-state index in [0.29, 0.717) is 12.5 Å². The van der Waals surface area contributed by atoms with Crippen molar-refractivity contribution in [1.82, 2.24) is 10.2 Å². The van der Waals surface area contributed by atoms with Gasteiger partial charge in [-0.05, 0) is 43.4 Å². The van der Waals surface area contributed by atoms with E-state index in [4.69, 9.17) is 0 Å². The van der Waals surface area contributed by atoms with Gasteiger partial charge in [-0.1, -0.05) is 24.3 Å². The van der Waals surface area contributed by atoms with Gasteiger partial charge in [0.1, 0.15) is 0 Å². The highest BCUT2D eigenvalue weighted by Gasteiger charge is 2.25. The maximum atomic E-state index is 12.1. The fraction of sp³-hybridized carbons (Fsp3) is 0.562. The highest BCUT2D eigenvalue weighted by atomic mass is 16.2. The minimum absolute atomic E-state index is 0.264. The summed E-state index contributed by atoms with van der Waals surface area (Å²) in [5, 5.41) is 3.19. The molecule has 1 aromatic carbocycles. The summed E-state index contributed by atoms with van der Waals surface area (Å²) < 4.78 is 0. The largest absolute Gasteiger partial charge is 0.341 e. The Morgan fingerprint density at radius 2 is 2.16 bits per heavy atom. The summed E-state index contributed by atoms with van der Waals surface area (Å²) in [6, 6.07) is 8.75. The van der Waals surface area contributed by atoms with Crippen LogP contribution < -0.4 is 5.32 Å². The first-order chi connectivity index (χ1) is 9.34. The molecule has 0 aromatic heterocycles. The molecule has 0 radical (unpaired) electrons. The third-order valence-corrected chi connectivity index (χ3v) is 4.34. The van der Waals surface area contributed by atoms with Crippen molar-refractivity contribution in [3.8, 4) is 0 Å². The van der Waals surface area contributed by atoms with Crippen LogP contribution in [-0.2, 0) is 11.2 Å². The van der Waals surface area contributed by atoms with Gasteiger partial charge in [0.15, 0.2) is 0 Å². The number of hydrogen-bond acceptors (Lipinski definition) is 2. The van der Waals surface area contributed by atoms with E-state index in [2.05, 4.69) is 34.5 Å². The predicted molar refractivity (Wildman–Crippen MR) is 76.2 cm³/mol. The fourth-order valence-electron chi connectivity index (χ4n) is 3.33. The molecule has 1 aromatic rings. The first-order valence-electron chi connectivity index (χ1n) is 7.41. The molecule has 1 atom stereocenters. The molecular weight excluding hydrogens is 236 g/mol. The Hall–Kier alpha value is -1.35. The molecule has 1 fully saturated rings. The highest BCUT2D eigenvalue weighted by molar-refractivity contribution is 5.78. The second-order valence-electron chi connectivity index (χ2n) is 5.66. The van der Waals surface area contributed by atoms with Gasteiger partial charge in [0.25, 0.3) is 0 Å². The van der Waals surface area contributed by atoms with Crippen molar-refractivity contribution in [3.05, 3.63) is 35.4 Å². The summed E-state index contributed by atoms with van der Waals surface area (Å²) in [6.45, 7) is 3.28. The maximum absolute atomic E-state index is 12.1. The van der Waals surface area contributed by atoms with E-state index in [1.807, 2.05) is 0 Å². The molecule has 0 saturated carbocycles. The van der Waals surface area contributed by atoms with Gasteiger partial charge in [-0.15, -0.1) is 0 Å². The minimum Gasteiger partial charge on any atom is -0.341 e. The lowest BCUT2D eigenvalue weighted by molar-refractivity contribution is -0.129. The standard InChI is InChI=1S/C16H22N2O/c19-16-11-17-9-4-10-18(16)12-14-7-3-6-13-5-1-2-8-15(13)14/h1-2,5,8,14,17H,3-4,6-7,9-12H2. The fourth-order valence-corrected chi connectivity index (χ4v) is 3.33. The van der Waals surface area contributed by atoms with Crippen molar-refractivity contribution in [2.24, 2.45) is 0 Å². The monoisotopic (exact) mass is 258 g/mol. The zero-order valence-electron chi connectivity index (χ0n) is 11.4. The second-order valence-corrected chi connectivity index (χ2v) is 5.66. The summed E-state index contributed by atoms with van der Waals surface area (Å²) >= 11 is 0. The van der Waals surface area contributed by atoms with Gasteiger partial charge >= 0.3 is 0 Å². The van der Waals surface area contributed by atoms with Crippen molar-refractivity contribution in [2.75, 3.05) is 26.2 Å². The molecule has 3 nitrogen and oxygen atoms in total. The van der Waals surface area contributed by atoms with Crippen LogP contribution in [0.4, 0.5) is 0 Å². The molecule has 3 rings (SSSR count). The van der Waals surface area contributed by atoms with Crippen LogP contribution in [-0.4, -0.2) is 37.0 Å². The quantitative estimate of drug-likeness (QED) is 0.879. The maximum Gasteiger partial charge on any atom is 0.236 e. The van der Waals surface area contributed by atoms with E-state index in [1.165, 1.54) is 30.4 Å². The van der Waals surface area contributed by atoms with Crippen LogP contribution in [0, 0.1) is 0 Å². The van der Waals surface area contributed by atoms with Gasteiger partial charge < -0.3 is 10.2 Å². The summed E-state index contributed by atoms with van der Waals surface area (Å²) in [5.74, 6) is 0.799. The lowest BCUT2D eigenvalue weighted by Crippen LogP contribution is -2.38. The third kappa shape index (κ3) is 2.81. The van der Waals surface area contributed by atoms with Gasteiger partial charge in [-0.2, -0.15) is 0 Å². The van der Waals surface area contributed by atoms with E-state index in [0.717, 1.165) is 26.1 Å². The van der Waals surface area contributed by atoms with Crippen molar-refractivity contribution in [1.29, 1.82) is 0 Å². The average molecular weight is 258 g/mol. The molecule has 19 heavy (non-hydrogen) atoms. The predicted octanol–water partition coefficient (Wildman–Crippen LogP) is 1.93. The SMILES string of the molecule is O=C1CNCCCN1CC1CCCc2ccccc21. The first-order valence-corrected chi connectivity index (χ1v) is 7.41. The Morgan fingerprint density at radius 1 is 1.26 bits per heavy atom. The van der Waals surface area contributed by atoms with Crippen LogP contribution in [0.15, 0.2) is 24.3 Å². The van der Waals surface area contributed by atoms with Crippen molar-refractivity contribution in [3.63, 3.8) is 0 Å². The smallest absolute Gasteiger partial charge is 0.236 e. The minimum atomic E-state index is 0.264. The molecular formula is C16H22N2O. The number of fused-ring (bicyclic) bond motifs is 1. The van der Waals surface area contributed by atoms with Crippen molar-refractivity contribution < 1.29 is 4.79 Å². The number of aryl methyl sites for hydroxylation is 1. The topological polar surface area (TPSA) is 32.3 Å². The number of nitrogens with one attached hydrogen (secondary N) is 1. The van der Waals surface area contributed by atoms with E-state index in [1.54, 1.807) is 0 Å². The van der Waals surface area contributed by atoms with Crippen LogP contribution in [0.25, 0.3) is 0 Å². The van der Waals surface area contributed by atoms with Crippen molar-refractivity contribution >= 4 is 5.91 Å². The van der Waals surface area contributed by atoms with E-state index in [-0.39, 0.29) is 5.91 Å². The second kappa shape index (κ2) is 5.74. The number of benzene rings is 1. The van der Waals surface area contributed by atoms with Crippen LogP contribution in [0.5, 0.6) is 0 Å². The van der Waals surface area contributed by atoms with Crippen LogP contribution in [0.3, 0.4) is 0 Å². The van der Waals surface area contributed by atoms with Gasteiger partial charge in [-0.25, -0.2) is 0 Å². The normalized spacial score (nSPS) is 23.9. The molecule has 3 heteroatoms. The molecule has 1 amide bonds. The Balaban J connectivity index is 1.75. The van der Waals surface area contributed by atoms with Crippen LogP contribution in [0.1, 0.15) is 36.3 Å². The summed E-state index contributed by atoms with van der Waals surface area (Å²) in [5.41, 5.74) is 2.96. The van der Waals surface area contributed by atoms with Crippen molar-refractivity contribution in [2.45, 2.75) is 31.6 Å². The number of carbonyl (C=O) groups excluding carboxylic acids is 1. The Morgan fingerprint density at radius 3 is 3.11 bits per heavy atom. The van der Waals surface area contributed by atoms with Gasteiger partial charge in [0.2, 0.25) is 5.91 Å².